The van der Waals surface area contributed by atoms with Crippen molar-refractivity contribution in [3.8, 4) is 5.88 Å². The van der Waals surface area contributed by atoms with Crippen molar-refractivity contribution in [3.05, 3.63) is 6.07 Å². The average molecular weight is 339 g/mol. The number of methoxy groups -OCH3 is 2. The Bertz CT molecular complexity index is 529. The molecule has 1 aliphatic rings. The highest BCUT2D eigenvalue weighted by molar-refractivity contribution is 7.80. The van der Waals surface area contributed by atoms with Gasteiger partial charge in [0.25, 0.3) is 0 Å². The van der Waals surface area contributed by atoms with Gasteiger partial charge in [0, 0.05) is 32.8 Å². The summed E-state index contributed by atoms with van der Waals surface area (Å²) in [6, 6.07) is 1.87. The number of rotatable bonds is 6. The quantitative estimate of drug-likeness (QED) is 0.599. The lowest BCUT2D eigenvalue weighted by molar-refractivity contribution is 0.204. The summed E-state index contributed by atoms with van der Waals surface area (Å²) in [6.45, 7) is 5.47. The molecule has 0 unspecified atom stereocenters. The minimum atomic E-state index is 0.437. The van der Waals surface area contributed by atoms with Gasteiger partial charge >= 0.3 is 0 Å². The highest BCUT2D eigenvalue weighted by atomic mass is 32.1. The van der Waals surface area contributed by atoms with Crippen LogP contribution < -0.4 is 20.3 Å². The van der Waals surface area contributed by atoms with Gasteiger partial charge in [0.15, 0.2) is 5.11 Å². The van der Waals surface area contributed by atoms with Gasteiger partial charge in [-0.15, -0.1) is 0 Å². The maximum atomic E-state index is 5.29. The van der Waals surface area contributed by atoms with Crippen LogP contribution in [0.15, 0.2) is 6.07 Å². The van der Waals surface area contributed by atoms with Crippen LogP contribution in [0.2, 0.25) is 0 Å². The number of ether oxygens (including phenoxy) is 2. The van der Waals surface area contributed by atoms with Crippen LogP contribution in [0.4, 0.5) is 11.8 Å². The first-order chi connectivity index (χ1) is 11.1. The Kier molecular flexibility index (Phi) is 6.79. The summed E-state index contributed by atoms with van der Waals surface area (Å²) in [7, 11) is 3.25. The molecule has 7 nitrogen and oxygen atoms in total. The van der Waals surface area contributed by atoms with Gasteiger partial charge in [-0.3, -0.25) is 0 Å². The smallest absolute Gasteiger partial charge is 0.234 e. The van der Waals surface area contributed by atoms with Gasteiger partial charge < -0.3 is 25.0 Å². The molecule has 8 heteroatoms. The molecule has 2 heterocycles. The third-order valence-electron chi connectivity index (χ3n) is 3.70. The van der Waals surface area contributed by atoms with Crippen molar-refractivity contribution in [3.63, 3.8) is 0 Å². The van der Waals surface area contributed by atoms with Gasteiger partial charge in [0.05, 0.1) is 13.7 Å². The van der Waals surface area contributed by atoms with E-state index in [4.69, 9.17) is 21.7 Å². The van der Waals surface area contributed by atoms with Crippen molar-refractivity contribution in [2.24, 2.45) is 5.92 Å². The maximum absolute atomic E-state index is 5.29. The van der Waals surface area contributed by atoms with Gasteiger partial charge in [-0.1, -0.05) is 6.92 Å². The molecule has 23 heavy (non-hydrogen) atoms. The molecule has 2 rings (SSSR count). The van der Waals surface area contributed by atoms with Crippen LogP contribution in [0, 0.1) is 5.92 Å². The zero-order chi connectivity index (χ0) is 16.7. The van der Waals surface area contributed by atoms with E-state index in [0.717, 1.165) is 18.9 Å². The fourth-order valence-corrected chi connectivity index (χ4v) is 2.74. The predicted octanol–water partition coefficient (Wildman–Crippen LogP) is 1.65. The lowest BCUT2D eigenvalue weighted by atomic mass is 10.0. The largest absolute Gasteiger partial charge is 0.481 e. The predicted molar refractivity (Wildman–Crippen MR) is 95.3 cm³/mol. The third kappa shape index (κ3) is 5.47. The molecule has 1 aromatic heterocycles. The topological polar surface area (TPSA) is 71.5 Å². The van der Waals surface area contributed by atoms with E-state index in [0.29, 0.717) is 36.0 Å². The van der Waals surface area contributed by atoms with E-state index in [1.54, 1.807) is 14.2 Å². The third-order valence-corrected chi connectivity index (χ3v) is 3.94. The number of hydrogen-bond donors (Lipinski definition) is 2. The lowest BCUT2D eigenvalue weighted by Crippen LogP contribution is -2.35. The Morgan fingerprint density at radius 1 is 1.43 bits per heavy atom. The molecule has 0 amide bonds. The summed E-state index contributed by atoms with van der Waals surface area (Å²) in [5, 5.41) is 6.50. The summed E-state index contributed by atoms with van der Waals surface area (Å²) >= 11 is 5.24. The van der Waals surface area contributed by atoms with Crippen LogP contribution in [0.25, 0.3) is 0 Å². The molecule has 0 radical (unpaired) electrons. The zero-order valence-electron chi connectivity index (χ0n) is 14.0. The molecular weight excluding hydrogens is 314 g/mol. The van der Waals surface area contributed by atoms with E-state index in [1.165, 1.54) is 12.8 Å². The van der Waals surface area contributed by atoms with Crippen molar-refractivity contribution >= 4 is 29.1 Å². The van der Waals surface area contributed by atoms with Crippen LogP contribution in [0.5, 0.6) is 5.88 Å². The van der Waals surface area contributed by atoms with Gasteiger partial charge in [-0.05, 0) is 31.0 Å². The summed E-state index contributed by atoms with van der Waals surface area (Å²) in [5.74, 6) is 2.49. The Morgan fingerprint density at radius 3 is 2.96 bits per heavy atom. The van der Waals surface area contributed by atoms with Crippen molar-refractivity contribution in [1.29, 1.82) is 0 Å². The van der Waals surface area contributed by atoms with Crippen LogP contribution in [-0.4, -0.2) is 55.5 Å². The molecule has 1 aromatic rings. The number of thiocarbonyl (C=S) groups is 1. The minimum absolute atomic E-state index is 0.437. The molecule has 0 spiro atoms. The fraction of sp³-hybridized carbons (Fsp3) is 0.667. The lowest BCUT2D eigenvalue weighted by Gasteiger charge is -2.32. The van der Waals surface area contributed by atoms with Crippen molar-refractivity contribution in [1.82, 2.24) is 15.3 Å². The Morgan fingerprint density at radius 2 is 2.26 bits per heavy atom. The Labute approximate surface area is 142 Å². The van der Waals surface area contributed by atoms with Gasteiger partial charge in [0.2, 0.25) is 11.8 Å². The second-order valence-electron chi connectivity index (χ2n) is 5.66. The van der Waals surface area contributed by atoms with E-state index in [1.807, 2.05) is 6.07 Å². The van der Waals surface area contributed by atoms with Gasteiger partial charge in [0.1, 0.15) is 5.82 Å². The van der Waals surface area contributed by atoms with Crippen molar-refractivity contribution in [2.45, 2.75) is 19.8 Å². The molecule has 0 aromatic carbocycles. The van der Waals surface area contributed by atoms with Crippen molar-refractivity contribution in [2.75, 3.05) is 50.7 Å². The normalized spacial score (nSPS) is 17.7. The first-order valence-electron chi connectivity index (χ1n) is 7.84. The van der Waals surface area contributed by atoms with E-state index < -0.39 is 0 Å². The number of piperidine rings is 1. The summed E-state index contributed by atoms with van der Waals surface area (Å²) in [4.78, 5) is 11.1. The fourth-order valence-electron chi connectivity index (χ4n) is 2.55. The van der Waals surface area contributed by atoms with E-state index in [9.17, 15) is 0 Å². The average Bonchev–Trinajstić information content (AvgIpc) is 2.54. The first kappa shape index (κ1) is 17.7. The maximum Gasteiger partial charge on any atom is 0.234 e. The van der Waals surface area contributed by atoms with E-state index in [-0.39, 0.29) is 0 Å². The van der Waals surface area contributed by atoms with E-state index in [2.05, 4.69) is 32.4 Å². The molecule has 0 bridgehead atoms. The number of nitrogens with zero attached hydrogens (tertiary/aromatic N) is 3. The minimum Gasteiger partial charge on any atom is -0.481 e. The zero-order valence-corrected chi connectivity index (χ0v) is 14.8. The van der Waals surface area contributed by atoms with Crippen LogP contribution in [0.1, 0.15) is 19.8 Å². The molecule has 0 aliphatic carbocycles. The molecule has 0 saturated carbocycles. The number of nitrogens with one attached hydrogen (secondary N) is 2. The molecule has 1 fully saturated rings. The summed E-state index contributed by atoms with van der Waals surface area (Å²) < 4.78 is 10.3. The first-order valence-corrected chi connectivity index (χ1v) is 8.25. The second kappa shape index (κ2) is 8.83. The van der Waals surface area contributed by atoms with Gasteiger partial charge in [-0.25, -0.2) is 0 Å². The van der Waals surface area contributed by atoms with E-state index >= 15 is 0 Å². The molecule has 1 aliphatic heterocycles. The van der Waals surface area contributed by atoms with Crippen LogP contribution in [0.3, 0.4) is 0 Å². The van der Waals surface area contributed by atoms with Crippen molar-refractivity contribution < 1.29 is 9.47 Å². The number of anilines is 2. The molecule has 128 valence electrons. The number of aromatic nitrogens is 2. The molecular formula is C15H25N5O2S. The number of hydrogen-bond acceptors (Lipinski definition) is 6. The van der Waals surface area contributed by atoms with Crippen LogP contribution in [-0.2, 0) is 4.74 Å². The van der Waals surface area contributed by atoms with Gasteiger partial charge in [-0.2, -0.15) is 9.97 Å². The molecule has 2 N–H and O–H groups in total. The van der Waals surface area contributed by atoms with Crippen LogP contribution >= 0.6 is 12.2 Å². The molecule has 1 atom stereocenters. The highest BCUT2D eigenvalue weighted by Gasteiger charge is 2.19. The standard InChI is InChI=1S/C15H25N5O2S/c1-11-5-4-7-20(10-11)12-9-13(22-3)18-14(17-12)19-15(23)16-6-8-21-2/h9,11H,4-8,10H2,1-3H3,(H2,16,17,18,19,23)/t11-/m1/s1. The Balaban J connectivity index is 2.07. The Hall–Kier alpha value is -1.67. The second-order valence-corrected chi connectivity index (χ2v) is 6.07. The summed E-state index contributed by atoms with van der Waals surface area (Å²) in [5.41, 5.74) is 0. The molecule has 1 saturated heterocycles. The monoisotopic (exact) mass is 339 g/mol. The SMILES string of the molecule is COCCNC(=S)Nc1nc(OC)cc(N2CCC[C@@H](C)C2)n1. The highest BCUT2D eigenvalue weighted by Crippen LogP contribution is 2.24. The summed E-state index contributed by atoms with van der Waals surface area (Å²) in [6.07, 6.45) is 2.44.